The van der Waals surface area contributed by atoms with Crippen LogP contribution in [0.3, 0.4) is 0 Å². The molecule has 0 aliphatic carbocycles. The van der Waals surface area contributed by atoms with Crippen LogP contribution >= 0.6 is 23.1 Å². The molecule has 0 fully saturated rings. The van der Waals surface area contributed by atoms with Gasteiger partial charge in [-0.3, -0.25) is 4.57 Å². The predicted octanol–water partition coefficient (Wildman–Crippen LogP) is 5.42. The molecule has 0 bridgehead atoms. The Labute approximate surface area is 176 Å². The molecule has 2 heterocycles. The van der Waals surface area contributed by atoms with Crippen LogP contribution in [0.2, 0.25) is 0 Å². The van der Waals surface area contributed by atoms with E-state index >= 15 is 0 Å². The number of hydrogen-bond acceptors (Lipinski definition) is 6. The molecule has 142 valence electrons. The molecular weight excluding hydrogens is 398 g/mol. The Morgan fingerprint density at radius 1 is 0.897 bits per heavy atom. The molecule has 2 aromatic heterocycles. The number of nitrogens with zero attached hydrogens (tertiary/aromatic N) is 4. The first kappa shape index (κ1) is 17.9. The van der Waals surface area contributed by atoms with E-state index in [-0.39, 0.29) is 0 Å². The van der Waals surface area contributed by atoms with E-state index in [9.17, 15) is 0 Å². The summed E-state index contributed by atoms with van der Waals surface area (Å²) in [6.45, 7) is 0. The Bertz CT molecular complexity index is 1270. The fourth-order valence-corrected chi connectivity index (χ4v) is 4.81. The minimum atomic E-state index is 0.585. The van der Waals surface area contributed by atoms with Gasteiger partial charge in [-0.05, 0) is 22.9 Å². The van der Waals surface area contributed by atoms with Crippen molar-refractivity contribution in [3.63, 3.8) is 0 Å². The number of aromatic nitrogens is 4. The third-order valence-electron chi connectivity index (χ3n) is 4.60. The average molecular weight is 416 g/mol. The van der Waals surface area contributed by atoms with Gasteiger partial charge in [-0.25, -0.2) is 4.98 Å². The van der Waals surface area contributed by atoms with Crippen LogP contribution in [0, 0.1) is 0 Å². The van der Waals surface area contributed by atoms with Crippen molar-refractivity contribution in [2.24, 2.45) is 0 Å². The molecule has 0 saturated carbocycles. The molecule has 0 atom stereocenters. The maximum atomic E-state index is 5.77. The second-order valence-electron chi connectivity index (χ2n) is 6.47. The Morgan fingerprint density at radius 2 is 1.69 bits per heavy atom. The van der Waals surface area contributed by atoms with E-state index in [4.69, 9.17) is 5.73 Å². The number of hydrogen-bond donors (Lipinski definition) is 1. The highest BCUT2D eigenvalue weighted by atomic mass is 32.2. The van der Waals surface area contributed by atoms with Crippen LogP contribution in [-0.2, 0) is 5.75 Å². The molecular formula is C22H17N5S2. The SMILES string of the molecule is Nc1nc(CSc2nnc(-c3cccc4ccccc34)n2-c2ccccc2)cs1. The van der Waals surface area contributed by atoms with E-state index in [1.165, 1.54) is 16.7 Å². The molecule has 0 aliphatic rings. The lowest BCUT2D eigenvalue weighted by molar-refractivity contribution is 0.885. The van der Waals surface area contributed by atoms with Crippen molar-refractivity contribution in [1.82, 2.24) is 19.7 Å². The van der Waals surface area contributed by atoms with Crippen molar-refractivity contribution in [2.45, 2.75) is 10.9 Å². The van der Waals surface area contributed by atoms with Crippen molar-refractivity contribution in [2.75, 3.05) is 5.73 Å². The number of nitrogen functional groups attached to an aromatic ring is 1. The first-order chi connectivity index (χ1) is 14.3. The fraction of sp³-hybridized carbons (Fsp3) is 0.0455. The van der Waals surface area contributed by atoms with Crippen LogP contribution in [0.1, 0.15) is 5.69 Å². The molecule has 5 nitrogen and oxygen atoms in total. The summed E-state index contributed by atoms with van der Waals surface area (Å²) in [4.78, 5) is 4.35. The lowest BCUT2D eigenvalue weighted by Gasteiger charge is -2.11. The second-order valence-corrected chi connectivity index (χ2v) is 8.30. The summed E-state index contributed by atoms with van der Waals surface area (Å²) in [5.41, 5.74) is 8.81. The molecule has 0 unspecified atom stereocenters. The third-order valence-corrected chi connectivity index (χ3v) is 6.28. The predicted molar refractivity (Wildman–Crippen MR) is 120 cm³/mol. The van der Waals surface area contributed by atoms with Gasteiger partial charge in [-0.1, -0.05) is 72.4 Å². The van der Waals surface area contributed by atoms with E-state index in [2.05, 4.69) is 74.3 Å². The van der Waals surface area contributed by atoms with Crippen molar-refractivity contribution < 1.29 is 0 Å². The molecule has 0 spiro atoms. The van der Waals surface area contributed by atoms with E-state index in [0.29, 0.717) is 10.9 Å². The van der Waals surface area contributed by atoms with Crippen LogP contribution in [0.5, 0.6) is 0 Å². The maximum absolute atomic E-state index is 5.77. The quantitative estimate of drug-likeness (QED) is 0.388. The van der Waals surface area contributed by atoms with Gasteiger partial charge in [-0.2, -0.15) is 0 Å². The Kier molecular flexibility index (Phi) is 4.75. The van der Waals surface area contributed by atoms with E-state index in [1.807, 2.05) is 23.6 Å². The summed E-state index contributed by atoms with van der Waals surface area (Å²) in [6.07, 6.45) is 0. The summed E-state index contributed by atoms with van der Waals surface area (Å²) in [7, 11) is 0. The highest BCUT2D eigenvalue weighted by molar-refractivity contribution is 7.98. The van der Waals surface area contributed by atoms with Gasteiger partial charge >= 0.3 is 0 Å². The summed E-state index contributed by atoms with van der Waals surface area (Å²) in [5.74, 6) is 1.52. The second kappa shape index (κ2) is 7.69. The van der Waals surface area contributed by atoms with Gasteiger partial charge in [-0.15, -0.1) is 21.5 Å². The molecule has 0 radical (unpaired) electrons. The molecule has 0 saturated heterocycles. The maximum Gasteiger partial charge on any atom is 0.196 e. The van der Waals surface area contributed by atoms with Gasteiger partial charge in [0, 0.05) is 22.4 Å². The first-order valence-electron chi connectivity index (χ1n) is 9.11. The number of para-hydroxylation sites is 1. The van der Waals surface area contributed by atoms with Gasteiger partial charge in [0.05, 0.1) is 5.69 Å². The number of benzene rings is 3. The van der Waals surface area contributed by atoms with E-state index in [0.717, 1.165) is 33.3 Å². The minimum Gasteiger partial charge on any atom is -0.375 e. The summed E-state index contributed by atoms with van der Waals surface area (Å²) in [5, 5.41) is 14.8. The van der Waals surface area contributed by atoms with Gasteiger partial charge in [0.25, 0.3) is 0 Å². The molecule has 0 aliphatic heterocycles. The number of thiazole rings is 1. The number of fused-ring (bicyclic) bond motifs is 1. The third kappa shape index (κ3) is 3.50. The van der Waals surface area contributed by atoms with Crippen LogP contribution in [0.25, 0.3) is 27.8 Å². The smallest absolute Gasteiger partial charge is 0.196 e. The zero-order valence-corrected chi connectivity index (χ0v) is 17.0. The first-order valence-corrected chi connectivity index (χ1v) is 11.0. The molecule has 5 aromatic rings. The van der Waals surface area contributed by atoms with E-state index < -0.39 is 0 Å². The van der Waals surface area contributed by atoms with Gasteiger partial charge < -0.3 is 5.73 Å². The van der Waals surface area contributed by atoms with Crippen LogP contribution < -0.4 is 5.73 Å². The lowest BCUT2D eigenvalue weighted by atomic mass is 10.0. The molecule has 7 heteroatoms. The number of anilines is 1. The zero-order chi connectivity index (χ0) is 19.6. The standard InChI is InChI=1S/C22H17N5S2/c23-21-24-16(13-28-21)14-29-22-26-25-20(27(22)17-9-2-1-3-10-17)19-12-6-8-15-7-4-5-11-18(15)19/h1-13H,14H2,(H2,23,24). The Hall–Kier alpha value is -3.16. The highest BCUT2D eigenvalue weighted by Crippen LogP contribution is 2.33. The summed E-state index contributed by atoms with van der Waals surface area (Å²) >= 11 is 3.06. The van der Waals surface area contributed by atoms with Crippen LogP contribution in [0.15, 0.2) is 83.3 Å². The van der Waals surface area contributed by atoms with Crippen LogP contribution in [-0.4, -0.2) is 19.7 Å². The summed E-state index contributed by atoms with van der Waals surface area (Å²) < 4.78 is 2.11. The van der Waals surface area contributed by atoms with Gasteiger partial charge in [0.2, 0.25) is 0 Å². The molecule has 29 heavy (non-hydrogen) atoms. The molecule has 0 amide bonds. The molecule has 5 rings (SSSR count). The van der Waals surface area contributed by atoms with Crippen molar-refractivity contribution in [1.29, 1.82) is 0 Å². The van der Waals surface area contributed by atoms with Crippen molar-refractivity contribution in [3.05, 3.63) is 83.9 Å². The van der Waals surface area contributed by atoms with Crippen LogP contribution in [0.4, 0.5) is 5.13 Å². The zero-order valence-electron chi connectivity index (χ0n) is 15.4. The minimum absolute atomic E-state index is 0.585. The van der Waals surface area contributed by atoms with Crippen molar-refractivity contribution in [3.8, 4) is 17.1 Å². The molecule has 3 aromatic carbocycles. The van der Waals surface area contributed by atoms with Gasteiger partial charge in [0.15, 0.2) is 16.1 Å². The highest BCUT2D eigenvalue weighted by Gasteiger charge is 2.18. The largest absolute Gasteiger partial charge is 0.375 e. The van der Waals surface area contributed by atoms with Gasteiger partial charge in [0.1, 0.15) is 0 Å². The topological polar surface area (TPSA) is 69.6 Å². The number of nitrogens with two attached hydrogens (primary N) is 1. The normalized spacial score (nSPS) is 11.2. The molecule has 2 N–H and O–H groups in total. The summed E-state index contributed by atoms with van der Waals surface area (Å²) in [6, 6.07) is 24.8. The van der Waals surface area contributed by atoms with E-state index in [1.54, 1.807) is 11.8 Å². The number of rotatable bonds is 5. The monoisotopic (exact) mass is 415 g/mol. The lowest BCUT2D eigenvalue weighted by Crippen LogP contribution is -2.00. The Balaban J connectivity index is 1.63. The van der Waals surface area contributed by atoms with Crippen molar-refractivity contribution >= 4 is 39.0 Å². The average Bonchev–Trinajstić information content (AvgIpc) is 3.38. The Morgan fingerprint density at radius 3 is 2.52 bits per heavy atom. The number of thioether (sulfide) groups is 1. The fourth-order valence-electron chi connectivity index (χ4n) is 3.30.